The Morgan fingerprint density at radius 2 is 2.21 bits per heavy atom. The number of aliphatic imine (C=N–C) groups is 1. The molecule has 6 heteroatoms. The van der Waals surface area contributed by atoms with E-state index in [0.29, 0.717) is 0 Å². The van der Waals surface area contributed by atoms with Crippen molar-refractivity contribution >= 4 is 17.3 Å². The molecule has 0 saturated heterocycles. The second-order valence-electron chi connectivity index (χ2n) is 6.47. The predicted molar refractivity (Wildman–Crippen MR) is 101 cm³/mol. The zero-order chi connectivity index (χ0) is 16.7. The molecule has 0 bridgehead atoms. The topological polar surface area (TPSA) is 54.2 Å². The number of thiophene rings is 1. The van der Waals surface area contributed by atoms with E-state index in [9.17, 15) is 0 Å². The van der Waals surface area contributed by atoms with Gasteiger partial charge in [0.1, 0.15) is 0 Å². The van der Waals surface area contributed by atoms with Gasteiger partial charge < -0.3 is 15.2 Å². The Hall–Kier alpha value is -1.82. The smallest absolute Gasteiger partial charge is 0.191 e. The van der Waals surface area contributed by atoms with Gasteiger partial charge in [-0.3, -0.25) is 4.99 Å². The second kappa shape index (κ2) is 8.33. The molecule has 0 unspecified atom stereocenters. The number of hydrogen-bond donors (Lipinski definition) is 2. The molecule has 2 heterocycles. The lowest BCUT2D eigenvalue weighted by Gasteiger charge is -2.37. The Kier molecular flexibility index (Phi) is 5.91. The van der Waals surface area contributed by atoms with E-state index in [2.05, 4.69) is 42.7 Å². The van der Waals surface area contributed by atoms with Gasteiger partial charge in [0.15, 0.2) is 5.96 Å². The summed E-state index contributed by atoms with van der Waals surface area (Å²) >= 11 is 1.89. The number of hydrogen-bond acceptors (Lipinski definition) is 3. The lowest BCUT2D eigenvalue weighted by atomic mass is 9.73. The molecule has 1 saturated carbocycles. The molecule has 0 spiro atoms. The molecule has 130 valence electrons. The fourth-order valence-corrected chi connectivity index (χ4v) is 4.50. The molecule has 0 radical (unpaired) electrons. The first-order valence-corrected chi connectivity index (χ1v) is 9.65. The second-order valence-corrected chi connectivity index (χ2v) is 7.42. The van der Waals surface area contributed by atoms with E-state index < -0.39 is 0 Å². The molecule has 5 nitrogen and oxygen atoms in total. The van der Waals surface area contributed by atoms with Crippen LogP contribution in [0.4, 0.5) is 0 Å². The minimum Gasteiger partial charge on any atom is -0.355 e. The molecule has 2 aromatic rings. The maximum absolute atomic E-state index is 4.38. The van der Waals surface area contributed by atoms with Crippen molar-refractivity contribution in [1.82, 2.24) is 20.2 Å². The van der Waals surface area contributed by atoms with Crippen molar-refractivity contribution in [3.05, 3.63) is 41.1 Å². The Balaban J connectivity index is 1.54. The summed E-state index contributed by atoms with van der Waals surface area (Å²) < 4.78 is 2.06. The molecule has 0 atom stereocenters. The van der Waals surface area contributed by atoms with Crippen molar-refractivity contribution in [3.63, 3.8) is 0 Å². The molecular weight excluding hydrogens is 318 g/mol. The molecule has 0 aliphatic heterocycles. The molecule has 1 aliphatic carbocycles. The number of nitrogens with zero attached hydrogens (tertiary/aromatic N) is 3. The SMILES string of the molecule is CN=C(NCCn1ccnc1)NCC1(c2cccs2)CCCCC1. The van der Waals surface area contributed by atoms with Crippen LogP contribution in [-0.4, -0.2) is 35.6 Å². The van der Waals surface area contributed by atoms with Gasteiger partial charge in [-0.05, 0) is 24.3 Å². The zero-order valence-electron chi connectivity index (χ0n) is 14.4. The van der Waals surface area contributed by atoms with Gasteiger partial charge in [0.2, 0.25) is 0 Å². The average molecular weight is 346 g/mol. The molecule has 0 amide bonds. The molecule has 2 aromatic heterocycles. The monoisotopic (exact) mass is 345 g/mol. The summed E-state index contributed by atoms with van der Waals surface area (Å²) in [4.78, 5) is 9.96. The van der Waals surface area contributed by atoms with Gasteiger partial charge in [-0.15, -0.1) is 11.3 Å². The van der Waals surface area contributed by atoms with Crippen molar-refractivity contribution in [2.24, 2.45) is 4.99 Å². The zero-order valence-corrected chi connectivity index (χ0v) is 15.2. The third-order valence-corrected chi connectivity index (χ3v) is 6.01. The van der Waals surface area contributed by atoms with Crippen LogP contribution >= 0.6 is 11.3 Å². The van der Waals surface area contributed by atoms with E-state index in [1.54, 1.807) is 6.20 Å². The van der Waals surface area contributed by atoms with Gasteiger partial charge in [-0.2, -0.15) is 0 Å². The fraction of sp³-hybridized carbons (Fsp3) is 0.556. The van der Waals surface area contributed by atoms with Crippen LogP contribution in [-0.2, 0) is 12.0 Å². The normalized spacial score (nSPS) is 17.6. The van der Waals surface area contributed by atoms with Crippen LogP contribution < -0.4 is 10.6 Å². The summed E-state index contributed by atoms with van der Waals surface area (Å²) in [6.45, 7) is 2.68. The highest BCUT2D eigenvalue weighted by atomic mass is 32.1. The van der Waals surface area contributed by atoms with Gasteiger partial charge in [0.05, 0.1) is 6.33 Å². The minimum atomic E-state index is 0.272. The average Bonchev–Trinajstić information content (AvgIpc) is 3.32. The lowest BCUT2D eigenvalue weighted by molar-refractivity contribution is 0.296. The quantitative estimate of drug-likeness (QED) is 0.625. The van der Waals surface area contributed by atoms with E-state index in [0.717, 1.165) is 25.6 Å². The number of rotatable bonds is 6. The number of guanidine groups is 1. The van der Waals surface area contributed by atoms with Crippen LogP contribution in [0, 0.1) is 0 Å². The summed E-state index contributed by atoms with van der Waals surface area (Å²) in [7, 11) is 1.84. The lowest BCUT2D eigenvalue weighted by Crippen LogP contribution is -2.46. The summed E-state index contributed by atoms with van der Waals surface area (Å²) in [5.41, 5.74) is 0.272. The Bertz CT molecular complexity index is 612. The predicted octanol–water partition coefficient (Wildman–Crippen LogP) is 3.01. The van der Waals surface area contributed by atoms with Gasteiger partial charge in [0.25, 0.3) is 0 Å². The first-order chi connectivity index (χ1) is 11.8. The van der Waals surface area contributed by atoms with E-state index >= 15 is 0 Å². The largest absolute Gasteiger partial charge is 0.355 e. The van der Waals surface area contributed by atoms with Crippen molar-refractivity contribution in [2.75, 3.05) is 20.1 Å². The highest BCUT2D eigenvalue weighted by Crippen LogP contribution is 2.41. The fourth-order valence-electron chi connectivity index (χ4n) is 3.52. The van der Waals surface area contributed by atoms with E-state index in [4.69, 9.17) is 0 Å². The van der Waals surface area contributed by atoms with Crippen LogP contribution in [0.15, 0.2) is 41.2 Å². The molecule has 2 N–H and O–H groups in total. The van der Waals surface area contributed by atoms with Gasteiger partial charge >= 0.3 is 0 Å². The molecule has 1 fully saturated rings. The first kappa shape index (κ1) is 17.0. The first-order valence-electron chi connectivity index (χ1n) is 8.77. The maximum Gasteiger partial charge on any atom is 0.191 e. The Labute approximate surface area is 148 Å². The molecule has 3 rings (SSSR count). The number of nitrogens with one attached hydrogen (secondary N) is 2. The highest BCUT2D eigenvalue weighted by Gasteiger charge is 2.34. The molecule has 24 heavy (non-hydrogen) atoms. The summed E-state index contributed by atoms with van der Waals surface area (Å²) in [6.07, 6.45) is 12.2. The molecule has 1 aliphatic rings. The Morgan fingerprint density at radius 1 is 1.33 bits per heavy atom. The van der Waals surface area contributed by atoms with Crippen LogP contribution in [0.5, 0.6) is 0 Å². The van der Waals surface area contributed by atoms with Crippen LogP contribution in [0.3, 0.4) is 0 Å². The van der Waals surface area contributed by atoms with Crippen molar-refractivity contribution in [2.45, 2.75) is 44.1 Å². The third kappa shape index (κ3) is 4.17. The van der Waals surface area contributed by atoms with E-state index in [-0.39, 0.29) is 5.41 Å². The highest BCUT2D eigenvalue weighted by molar-refractivity contribution is 7.10. The van der Waals surface area contributed by atoms with E-state index in [1.807, 2.05) is 30.9 Å². The van der Waals surface area contributed by atoms with Gasteiger partial charge in [-0.1, -0.05) is 25.3 Å². The van der Waals surface area contributed by atoms with Gasteiger partial charge in [0, 0.05) is 49.4 Å². The minimum absolute atomic E-state index is 0.272. The molecule has 0 aromatic carbocycles. The number of aromatic nitrogens is 2. The van der Waals surface area contributed by atoms with Gasteiger partial charge in [-0.25, -0.2) is 4.98 Å². The summed E-state index contributed by atoms with van der Waals surface area (Å²) in [6, 6.07) is 4.47. The van der Waals surface area contributed by atoms with Crippen molar-refractivity contribution in [3.8, 4) is 0 Å². The molecular formula is C18H27N5S. The standard InChI is InChI=1S/C18H27N5S/c1-19-17(21-10-12-23-11-9-20-15-23)22-14-18(7-3-2-4-8-18)16-6-5-13-24-16/h5-6,9,11,13,15H,2-4,7-8,10,12,14H2,1H3,(H2,19,21,22). The summed E-state index contributed by atoms with van der Waals surface area (Å²) in [5.74, 6) is 0.886. The third-order valence-electron chi connectivity index (χ3n) is 4.89. The van der Waals surface area contributed by atoms with E-state index in [1.165, 1.54) is 37.0 Å². The summed E-state index contributed by atoms with van der Waals surface area (Å²) in [5, 5.41) is 9.17. The van der Waals surface area contributed by atoms with Crippen molar-refractivity contribution in [1.29, 1.82) is 0 Å². The Morgan fingerprint density at radius 3 is 2.88 bits per heavy atom. The number of imidazole rings is 1. The van der Waals surface area contributed by atoms with Crippen molar-refractivity contribution < 1.29 is 0 Å². The van der Waals surface area contributed by atoms with Crippen LogP contribution in [0.25, 0.3) is 0 Å². The van der Waals surface area contributed by atoms with Crippen LogP contribution in [0.1, 0.15) is 37.0 Å². The maximum atomic E-state index is 4.38. The van der Waals surface area contributed by atoms with Crippen LogP contribution in [0.2, 0.25) is 0 Å².